The van der Waals surface area contributed by atoms with E-state index in [1.165, 1.54) is 10.4 Å². The van der Waals surface area contributed by atoms with Crippen molar-refractivity contribution < 1.29 is 22.7 Å². The van der Waals surface area contributed by atoms with E-state index in [2.05, 4.69) is 10.9 Å². The van der Waals surface area contributed by atoms with E-state index in [0.717, 1.165) is 35.3 Å². The highest BCUT2D eigenvalue weighted by atomic mass is 32.2. The number of nitrogens with one attached hydrogen (secondary N) is 2. The van der Waals surface area contributed by atoms with Crippen LogP contribution in [-0.4, -0.2) is 43.7 Å². The monoisotopic (exact) mass is 451 g/mol. The lowest BCUT2D eigenvalue weighted by atomic mass is 10.1. The van der Waals surface area contributed by atoms with Gasteiger partial charge >= 0.3 is 0 Å². The number of thiophene rings is 1. The number of nitrogens with zero attached hydrogens (tertiary/aromatic N) is 1. The quantitative estimate of drug-likeness (QED) is 0.656. The molecule has 10 heteroatoms. The largest absolute Gasteiger partial charge is 0.481 e. The molecule has 2 aromatic rings. The maximum atomic E-state index is 12.8. The highest BCUT2D eigenvalue weighted by Crippen LogP contribution is 2.27. The van der Waals surface area contributed by atoms with Gasteiger partial charge in [0.05, 0.1) is 0 Å². The molecule has 3 rings (SSSR count). The molecule has 0 radical (unpaired) electrons. The molecule has 0 saturated carbocycles. The van der Waals surface area contributed by atoms with E-state index < -0.39 is 27.9 Å². The summed E-state index contributed by atoms with van der Waals surface area (Å²) in [6, 6.07) is 6.97. The first kappa shape index (κ1) is 22.3. The maximum Gasteiger partial charge on any atom is 0.281 e. The van der Waals surface area contributed by atoms with Gasteiger partial charge in [0.25, 0.3) is 11.8 Å². The second-order valence-corrected chi connectivity index (χ2v) is 9.95. The summed E-state index contributed by atoms with van der Waals surface area (Å²) in [5, 5.41) is 1.55. The van der Waals surface area contributed by atoms with Crippen molar-refractivity contribution in [2.45, 2.75) is 44.6 Å². The number of hydrazine groups is 1. The van der Waals surface area contributed by atoms with Crippen LogP contribution in [0.2, 0.25) is 0 Å². The van der Waals surface area contributed by atoms with Crippen molar-refractivity contribution in [1.29, 1.82) is 0 Å². The van der Waals surface area contributed by atoms with Crippen molar-refractivity contribution in [3.63, 3.8) is 0 Å². The van der Waals surface area contributed by atoms with Gasteiger partial charge in [0, 0.05) is 13.1 Å². The van der Waals surface area contributed by atoms with Crippen LogP contribution in [0.25, 0.3) is 0 Å². The first-order chi connectivity index (χ1) is 14.2. The topological polar surface area (TPSA) is 105 Å². The molecule has 0 bridgehead atoms. The molecular formula is C20H25N3O5S2. The summed E-state index contributed by atoms with van der Waals surface area (Å²) in [6.45, 7) is 6.31. The van der Waals surface area contributed by atoms with Gasteiger partial charge in [0.1, 0.15) is 15.5 Å². The van der Waals surface area contributed by atoms with Gasteiger partial charge in [-0.2, -0.15) is 4.31 Å². The van der Waals surface area contributed by atoms with E-state index >= 15 is 0 Å². The van der Waals surface area contributed by atoms with E-state index in [9.17, 15) is 18.0 Å². The van der Waals surface area contributed by atoms with Gasteiger partial charge in [-0.25, -0.2) is 8.42 Å². The molecule has 2 N–H and O–H groups in total. The molecule has 1 aromatic heterocycles. The minimum Gasteiger partial charge on any atom is -0.481 e. The number of aryl methyl sites for hydroxylation is 1. The average molecular weight is 452 g/mol. The fraction of sp³-hybridized carbons (Fsp3) is 0.400. The fourth-order valence-electron chi connectivity index (χ4n) is 3.11. The van der Waals surface area contributed by atoms with E-state index in [1.807, 2.05) is 26.0 Å². The number of benzene rings is 1. The number of carbonyl (C=O) groups is 2. The zero-order chi connectivity index (χ0) is 21.9. The van der Waals surface area contributed by atoms with Gasteiger partial charge in [-0.05, 0) is 62.3 Å². The van der Waals surface area contributed by atoms with Crippen molar-refractivity contribution in [3.8, 4) is 5.75 Å². The number of ether oxygens (including phenoxy) is 1. The van der Waals surface area contributed by atoms with Gasteiger partial charge < -0.3 is 4.74 Å². The Morgan fingerprint density at radius 1 is 1.13 bits per heavy atom. The third-order valence-corrected chi connectivity index (χ3v) is 8.03. The van der Waals surface area contributed by atoms with Crippen molar-refractivity contribution in [2.24, 2.45) is 0 Å². The standard InChI is InChI=1S/C20H25N3O5S2/c1-13-7-6-8-16(14(13)2)28-15(3)19(24)21-22-20(25)18-17(9-12-29-18)30(26,27)23-10-4-5-11-23/h6-9,12,15H,4-5,10-11H2,1-3H3,(H,21,24)(H,22,25). The highest BCUT2D eigenvalue weighted by Gasteiger charge is 2.32. The molecule has 1 fully saturated rings. The second kappa shape index (κ2) is 9.15. The normalized spacial score (nSPS) is 15.6. The molecule has 1 unspecified atom stereocenters. The Hall–Kier alpha value is -2.43. The van der Waals surface area contributed by atoms with Gasteiger partial charge in [0.15, 0.2) is 6.10 Å². The van der Waals surface area contributed by atoms with Crippen LogP contribution in [-0.2, 0) is 14.8 Å². The lowest BCUT2D eigenvalue weighted by molar-refractivity contribution is -0.128. The predicted molar refractivity (Wildman–Crippen MR) is 114 cm³/mol. The number of sulfonamides is 1. The minimum atomic E-state index is -3.73. The fourth-order valence-corrected chi connectivity index (χ4v) is 5.92. The molecular weight excluding hydrogens is 426 g/mol. The van der Waals surface area contributed by atoms with Crippen LogP contribution < -0.4 is 15.6 Å². The number of amides is 2. The van der Waals surface area contributed by atoms with Crippen LogP contribution in [0, 0.1) is 13.8 Å². The first-order valence-electron chi connectivity index (χ1n) is 9.62. The number of hydrogen-bond donors (Lipinski definition) is 2. The predicted octanol–water partition coefficient (Wildman–Crippen LogP) is 2.38. The van der Waals surface area contributed by atoms with Gasteiger partial charge in [-0.1, -0.05) is 12.1 Å². The van der Waals surface area contributed by atoms with Crippen LogP contribution in [0.15, 0.2) is 34.5 Å². The van der Waals surface area contributed by atoms with Crippen LogP contribution >= 0.6 is 11.3 Å². The lowest BCUT2D eigenvalue weighted by Crippen LogP contribution is -2.47. The molecule has 1 atom stereocenters. The van der Waals surface area contributed by atoms with E-state index in [4.69, 9.17) is 4.74 Å². The van der Waals surface area contributed by atoms with Gasteiger partial charge in [0.2, 0.25) is 10.0 Å². The molecule has 2 heterocycles. The Kier molecular flexibility index (Phi) is 6.79. The Morgan fingerprint density at radius 2 is 1.83 bits per heavy atom. The summed E-state index contributed by atoms with van der Waals surface area (Å²) in [5.41, 5.74) is 6.56. The van der Waals surface area contributed by atoms with Crippen molar-refractivity contribution >= 4 is 33.2 Å². The summed E-state index contributed by atoms with van der Waals surface area (Å²) in [7, 11) is -3.73. The zero-order valence-electron chi connectivity index (χ0n) is 17.1. The Bertz CT molecular complexity index is 1040. The molecule has 1 saturated heterocycles. The maximum absolute atomic E-state index is 12.8. The molecule has 0 aliphatic carbocycles. The number of hydrogen-bond acceptors (Lipinski definition) is 6. The third kappa shape index (κ3) is 4.66. The van der Waals surface area contributed by atoms with Crippen molar-refractivity contribution in [3.05, 3.63) is 45.6 Å². The molecule has 30 heavy (non-hydrogen) atoms. The zero-order valence-corrected chi connectivity index (χ0v) is 18.7. The van der Waals surface area contributed by atoms with Crippen molar-refractivity contribution in [1.82, 2.24) is 15.2 Å². The molecule has 162 valence electrons. The second-order valence-electron chi connectivity index (χ2n) is 7.13. The summed E-state index contributed by atoms with van der Waals surface area (Å²) in [4.78, 5) is 24.9. The molecule has 2 amide bonds. The van der Waals surface area contributed by atoms with Crippen LogP contribution in [0.5, 0.6) is 5.75 Å². The summed E-state index contributed by atoms with van der Waals surface area (Å²) in [5.74, 6) is -0.652. The summed E-state index contributed by atoms with van der Waals surface area (Å²) >= 11 is 1.01. The SMILES string of the molecule is Cc1cccc(OC(C)C(=O)NNC(=O)c2sccc2S(=O)(=O)N2CCCC2)c1C. The Labute approximate surface area is 180 Å². The third-order valence-electron chi connectivity index (χ3n) is 5.05. The van der Waals surface area contributed by atoms with Gasteiger partial charge in [-0.15, -0.1) is 11.3 Å². The van der Waals surface area contributed by atoms with E-state index in [1.54, 1.807) is 18.4 Å². The van der Waals surface area contributed by atoms with Crippen LogP contribution in [0.1, 0.15) is 40.6 Å². The first-order valence-corrected chi connectivity index (χ1v) is 11.9. The van der Waals surface area contributed by atoms with E-state index in [-0.39, 0.29) is 9.77 Å². The lowest BCUT2D eigenvalue weighted by Gasteiger charge is -2.18. The van der Waals surface area contributed by atoms with Crippen LogP contribution in [0.3, 0.4) is 0 Å². The number of rotatable bonds is 6. The van der Waals surface area contributed by atoms with E-state index in [0.29, 0.717) is 18.8 Å². The van der Waals surface area contributed by atoms with Crippen molar-refractivity contribution in [2.75, 3.05) is 13.1 Å². The van der Waals surface area contributed by atoms with Crippen LogP contribution in [0.4, 0.5) is 0 Å². The highest BCUT2D eigenvalue weighted by molar-refractivity contribution is 7.89. The molecule has 1 aliphatic heterocycles. The molecule has 1 aromatic carbocycles. The number of carbonyl (C=O) groups excluding carboxylic acids is 2. The smallest absolute Gasteiger partial charge is 0.281 e. The Balaban J connectivity index is 1.63. The van der Waals surface area contributed by atoms with Gasteiger partial charge in [-0.3, -0.25) is 20.4 Å². The summed E-state index contributed by atoms with van der Waals surface area (Å²) < 4.78 is 32.6. The minimum absolute atomic E-state index is 0.0327. The molecule has 0 spiro atoms. The average Bonchev–Trinajstić information content (AvgIpc) is 3.41. The Morgan fingerprint density at radius 3 is 2.53 bits per heavy atom. The molecule has 1 aliphatic rings. The molecule has 8 nitrogen and oxygen atoms in total. The summed E-state index contributed by atoms with van der Waals surface area (Å²) in [6.07, 6.45) is 0.750.